The van der Waals surface area contributed by atoms with Crippen molar-refractivity contribution in [3.63, 3.8) is 0 Å². The lowest BCUT2D eigenvalue weighted by Crippen LogP contribution is -2.19. The van der Waals surface area contributed by atoms with Crippen molar-refractivity contribution in [1.29, 1.82) is 0 Å². The number of ether oxygens (including phenoxy) is 1. The van der Waals surface area contributed by atoms with Crippen LogP contribution in [0.1, 0.15) is 48.1 Å². The van der Waals surface area contributed by atoms with E-state index < -0.39 is 11.7 Å². The summed E-state index contributed by atoms with van der Waals surface area (Å²) in [6.45, 7) is 7.75. The van der Waals surface area contributed by atoms with Crippen molar-refractivity contribution in [2.45, 2.75) is 46.7 Å². The van der Waals surface area contributed by atoms with Crippen LogP contribution in [0.15, 0.2) is 39.5 Å². The zero-order chi connectivity index (χ0) is 20.4. The minimum absolute atomic E-state index is 0.0261. The number of fused-ring (bicyclic) bond motifs is 1. The summed E-state index contributed by atoms with van der Waals surface area (Å²) in [5, 5.41) is 0. The molecule has 0 saturated heterocycles. The van der Waals surface area contributed by atoms with Gasteiger partial charge in [0.1, 0.15) is 0 Å². The van der Waals surface area contributed by atoms with Gasteiger partial charge in [0.05, 0.1) is 11.9 Å². The van der Waals surface area contributed by atoms with Crippen molar-refractivity contribution < 1.29 is 18.7 Å². The number of aryl methyl sites for hydroxylation is 2. The molecule has 7 heteroatoms. The predicted octanol–water partition coefficient (Wildman–Crippen LogP) is 3.41. The highest BCUT2D eigenvalue weighted by Gasteiger charge is 2.19. The molecule has 0 atom stereocenters. The summed E-state index contributed by atoms with van der Waals surface area (Å²) in [6, 6.07) is 9.07. The average Bonchev–Trinajstić information content (AvgIpc) is 3.13. The third kappa shape index (κ3) is 3.78. The second kappa shape index (κ2) is 7.88. The van der Waals surface area contributed by atoms with Gasteiger partial charge in [-0.25, -0.2) is 4.79 Å². The number of hydrogen-bond acceptors (Lipinski definition) is 5. The van der Waals surface area contributed by atoms with Crippen LogP contribution in [0.4, 0.5) is 0 Å². The SMILES string of the molecule is Cc1cc(C(=O)COC(=O)CCn2c(=O)oc3ccccc32)c(C)n1C(C)C. The Labute approximate surface area is 162 Å². The fourth-order valence-electron chi connectivity index (χ4n) is 3.58. The first-order valence-corrected chi connectivity index (χ1v) is 9.25. The molecule has 0 aliphatic heterocycles. The summed E-state index contributed by atoms with van der Waals surface area (Å²) < 4.78 is 13.7. The molecule has 2 aromatic heterocycles. The number of carbonyl (C=O) groups is 2. The van der Waals surface area contributed by atoms with Crippen molar-refractivity contribution in [3.8, 4) is 0 Å². The first-order valence-electron chi connectivity index (χ1n) is 9.25. The van der Waals surface area contributed by atoms with Crippen LogP contribution in [-0.4, -0.2) is 27.5 Å². The van der Waals surface area contributed by atoms with E-state index in [2.05, 4.69) is 18.4 Å². The molecular formula is C21H24N2O5. The van der Waals surface area contributed by atoms with Crippen molar-refractivity contribution in [1.82, 2.24) is 9.13 Å². The highest BCUT2D eigenvalue weighted by Crippen LogP contribution is 2.20. The summed E-state index contributed by atoms with van der Waals surface area (Å²) in [6.07, 6.45) is -0.0261. The van der Waals surface area contributed by atoms with E-state index in [0.717, 1.165) is 11.4 Å². The number of hydrogen-bond donors (Lipinski definition) is 0. The third-order valence-corrected chi connectivity index (χ3v) is 4.78. The molecule has 0 spiro atoms. The monoisotopic (exact) mass is 384 g/mol. The number of aromatic nitrogens is 2. The Morgan fingerprint density at radius 3 is 2.57 bits per heavy atom. The maximum atomic E-state index is 12.5. The van der Waals surface area contributed by atoms with Crippen LogP contribution in [-0.2, 0) is 16.1 Å². The van der Waals surface area contributed by atoms with E-state index in [0.29, 0.717) is 16.7 Å². The second-order valence-corrected chi connectivity index (χ2v) is 7.07. The Bertz CT molecular complexity index is 1080. The molecule has 1 aromatic carbocycles. The van der Waals surface area contributed by atoms with Crippen LogP contribution in [0.3, 0.4) is 0 Å². The molecule has 0 aliphatic carbocycles. The molecule has 28 heavy (non-hydrogen) atoms. The molecule has 0 amide bonds. The molecular weight excluding hydrogens is 360 g/mol. The molecule has 0 aliphatic rings. The quantitative estimate of drug-likeness (QED) is 0.460. The number of Topliss-reactive ketones (excluding diaryl/α,β-unsaturated/α-hetero) is 1. The van der Waals surface area contributed by atoms with E-state index in [1.54, 1.807) is 24.3 Å². The maximum Gasteiger partial charge on any atom is 0.419 e. The maximum absolute atomic E-state index is 12.5. The van der Waals surface area contributed by atoms with Crippen LogP contribution in [0.2, 0.25) is 0 Å². The Kier molecular flexibility index (Phi) is 5.53. The number of ketones is 1. The molecule has 3 rings (SSSR count). The van der Waals surface area contributed by atoms with E-state index in [4.69, 9.17) is 9.15 Å². The van der Waals surface area contributed by atoms with E-state index in [1.807, 2.05) is 19.9 Å². The Balaban J connectivity index is 1.60. The van der Waals surface area contributed by atoms with Crippen molar-refractivity contribution in [2.75, 3.05) is 6.61 Å². The number of para-hydroxylation sites is 2. The van der Waals surface area contributed by atoms with Crippen LogP contribution in [0, 0.1) is 13.8 Å². The molecule has 0 saturated carbocycles. The summed E-state index contributed by atoms with van der Waals surface area (Å²) in [7, 11) is 0. The summed E-state index contributed by atoms with van der Waals surface area (Å²) in [5.41, 5.74) is 3.52. The van der Waals surface area contributed by atoms with E-state index >= 15 is 0 Å². The van der Waals surface area contributed by atoms with Crippen molar-refractivity contribution in [3.05, 3.63) is 57.8 Å². The van der Waals surface area contributed by atoms with Gasteiger partial charge < -0.3 is 13.7 Å². The largest absolute Gasteiger partial charge is 0.457 e. The second-order valence-electron chi connectivity index (χ2n) is 7.07. The van der Waals surface area contributed by atoms with E-state index in [9.17, 15) is 14.4 Å². The van der Waals surface area contributed by atoms with E-state index in [-0.39, 0.29) is 31.4 Å². The Morgan fingerprint density at radius 2 is 1.89 bits per heavy atom. The minimum atomic E-state index is -0.539. The van der Waals surface area contributed by atoms with Gasteiger partial charge >= 0.3 is 11.7 Å². The molecule has 0 N–H and O–H groups in total. The van der Waals surface area contributed by atoms with Gasteiger partial charge in [-0.1, -0.05) is 12.1 Å². The van der Waals surface area contributed by atoms with Gasteiger partial charge in [-0.15, -0.1) is 0 Å². The molecule has 148 valence electrons. The molecule has 0 fully saturated rings. The zero-order valence-electron chi connectivity index (χ0n) is 16.5. The normalized spacial score (nSPS) is 11.3. The van der Waals surface area contributed by atoms with Gasteiger partial charge in [-0.05, 0) is 45.9 Å². The van der Waals surface area contributed by atoms with Crippen LogP contribution < -0.4 is 5.76 Å². The molecule has 7 nitrogen and oxygen atoms in total. The van der Waals surface area contributed by atoms with E-state index in [1.165, 1.54) is 4.57 Å². The minimum Gasteiger partial charge on any atom is -0.457 e. The number of esters is 1. The van der Waals surface area contributed by atoms with Crippen LogP contribution in [0.5, 0.6) is 0 Å². The number of nitrogens with zero attached hydrogens (tertiary/aromatic N) is 2. The van der Waals surface area contributed by atoms with Crippen molar-refractivity contribution in [2.24, 2.45) is 0 Å². The summed E-state index contributed by atoms with van der Waals surface area (Å²) in [5.74, 6) is -1.30. The van der Waals surface area contributed by atoms with Gasteiger partial charge in [0.2, 0.25) is 5.78 Å². The third-order valence-electron chi connectivity index (χ3n) is 4.78. The first-order chi connectivity index (χ1) is 13.3. The van der Waals surface area contributed by atoms with Gasteiger partial charge in [0.25, 0.3) is 0 Å². The zero-order valence-corrected chi connectivity index (χ0v) is 16.5. The average molecular weight is 384 g/mol. The Morgan fingerprint density at radius 1 is 1.18 bits per heavy atom. The topological polar surface area (TPSA) is 83.4 Å². The summed E-state index contributed by atoms with van der Waals surface area (Å²) >= 11 is 0. The fraction of sp³-hybridized carbons (Fsp3) is 0.381. The lowest BCUT2D eigenvalue weighted by atomic mass is 10.1. The number of benzene rings is 1. The highest BCUT2D eigenvalue weighted by atomic mass is 16.5. The predicted molar refractivity (Wildman–Crippen MR) is 105 cm³/mol. The van der Waals surface area contributed by atoms with Crippen molar-refractivity contribution >= 4 is 22.9 Å². The molecule has 3 aromatic rings. The fourth-order valence-corrected chi connectivity index (χ4v) is 3.58. The molecule has 0 unspecified atom stereocenters. The number of carbonyl (C=O) groups excluding carboxylic acids is 2. The van der Waals surface area contributed by atoms with Crippen LogP contribution in [0.25, 0.3) is 11.1 Å². The molecule has 0 radical (unpaired) electrons. The lowest BCUT2D eigenvalue weighted by molar-refractivity contribution is -0.142. The summed E-state index contributed by atoms with van der Waals surface area (Å²) in [4.78, 5) is 36.4. The molecule has 0 bridgehead atoms. The highest BCUT2D eigenvalue weighted by molar-refractivity contribution is 5.99. The lowest BCUT2D eigenvalue weighted by Gasteiger charge is -2.13. The number of oxazole rings is 1. The Hall–Kier alpha value is -3.09. The van der Waals surface area contributed by atoms with Crippen LogP contribution >= 0.6 is 0 Å². The van der Waals surface area contributed by atoms with Gasteiger partial charge in [-0.3, -0.25) is 14.2 Å². The van der Waals surface area contributed by atoms with Gasteiger partial charge in [-0.2, -0.15) is 0 Å². The number of rotatable bonds is 7. The first kappa shape index (κ1) is 19.7. The van der Waals surface area contributed by atoms with Gasteiger partial charge in [0, 0.05) is 29.5 Å². The molecule has 2 heterocycles. The van der Waals surface area contributed by atoms with Gasteiger partial charge in [0.15, 0.2) is 12.2 Å². The standard InChI is InChI=1S/C21H24N2O5/c1-13(2)23-14(3)11-16(15(23)4)18(24)12-27-20(25)9-10-22-17-7-5-6-8-19(17)28-21(22)26/h5-8,11,13H,9-10,12H2,1-4H3. The smallest absolute Gasteiger partial charge is 0.419 e.